The van der Waals surface area contributed by atoms with Crippen LogP contribution in [0.15, 0.2) is 28.5 Å². The summed E-state index contributed by atoms with van der Waals surface area (Å²) in [5, 5.41) is 16.9. The second-order valence-corrected chi connectivity index (χ2v) is 9.69. The van der Waals surface area contributed by atoms with Gasteiger partial charge >= 0.3 is 0 Å². The van der Waals surface area contributed by atoms with Crippen LogP contribution >= 0.6 is 11.3 Å². The van der Waals surface area contributed by atoms with Crippen molar-refractivity contribution in [3.05, 3.63) is 44.4 Å². The van der Waals surface area contributed by atoms with Crippen molar-refractivity contribution in [2.75, 3.05) is 18.1 Å². The summed E-state index contributed by atoms with van der Waals surface area (Å²) in [5.74, 6) is 0. The molecular weight excluding hydrogens is 362 g/mol. The number of rotatable bonds is 6. The molecule has 0 radical (unpaired) electrons. The van der Waals surface area contributed by atoms with Gasteiger partial charge in [0, 0.05) is 42.1 Å². The van der Waals surface area contributed by atoms with Gasteiger partial charge < -0.3 is 5.32 Å². The molecule has 1 N–H and O–H groups in total. The van der Waals surface area contributed by atoms with Gasteiger partial charge in [0.05, 0.1) is 26.2 Å². The Morgan fingerprint density at radius 2 is 2.00 bits per heavy atom. The van der Waals surface area contributed by atoms with E-state index in [2.05, 4.69) is 31.1 Å². The topological polar surface area (TPSA) is 102 Å². The van der Waals surface area contributed by atoms with Gasteiger partial charge in [-0.3, -0.25) is 10.1 Å². The van der Waals surface area contributed by atoms with Gasteiger partial charge in [-0.2, -0.15) is 0 Å². The zero-order valence-corrected chi connectivity index (χ0v) is 16.2. The monoisotopic (exact) mass is 383 g/mol. The van der Waals surface area contributed by atoms with E-state index in [1.165, 1.54) is 12.1 Å². The van der Waals surface area contributed by atoms with Gasteiger partial charge in [0.15, 0.2) is 9.84 Å². The number of nitrogens with zero attached hydrogens (tertiary/aromatic N) is 2. The lowest BCUT2D eigenvalue weighted by atomic mass is 9.93. The number of thiazole rings is 1. The molecular formula is C16H21N3O4S2. The standard InChI is InChI=1S/C16H21N3O4S2/c1-16(2,3)14-10-24-15(18-14)7-8-17-12-6-5-11(19(20)21)9-13(12)25(4,22)23/h5-6,9-10,17H,7-8H2,1-4H3. The number of sulfone groups is 1. The van der Waals surface area contributed by atoms with E-state index in [9.17, 15) is 18.5 Å². The summed E-state index contributed by atoms with van der Waals surface area (Å²) in [6, 6.07) is 3.80. The molecule has 0 saturated heterocycles. The first-order valence-corrected chi connectivity index (χ1v) is 10.4. The Hall–Kier alpha value is -2.00. The van der Waals surface area contributed by atoms with E-state index in [1.807, 2.05) is 5.38 Å². The average Bonchev–Trinajstić information content (AvgIpc) is 2.95. The first-order valence-electron chi connectivity index (χ1n) is 7.66. The lowest BCUT2D eigenvalue weighted by molar-refractivity contribution is -0.385. The Labute approximate surface area is 151 Å². The van der Waals surface area contributed by atoms with Crippen LogP contribution < -0.4 is 5.32 Å². The zero-order valence-electron chi connectivity index (χ0n) is 14.6. The number of nitro groups is 1. The maximum atomic E-state index is 11.9. The molecule has 9 heteroatoms. The van der Waals surface area contributed by atoms with Crippen LogP contribution in [0.2, 0.25) is 0 Å². The maximum absolute atomic E-state index is 11.9. The molecule has 1 heterocycles. The van der Waals surface area contributed by atoms with Crippen molar-refractivity contribution in [2.24, 2.45) is 0 Å². The maximum Gasteiger partial charge on any atom is 0.270 e. The highest BCUT2D eigenvalue weighted by atomic mass is 32.2. The van der Waals surface area contributed by atoms with Crippen LogP contribution in [-0.2, 0) is 21.7 Å². The normalized spacial score (nSPS) is 12.2. The van der Waals surface area contributed by atoms with Gasteiger partial charge in [-0.1, -0.05) is 20.8 Å². The number of nitro benzene ring substituents is 1. The summed E-state index contributed by atoms with van der Waals surface area (Å²) >= 11 is 1.57. The Bertz CT molecular complexity index is 883. The molecule has 0 fully saturated rings. The number of non-ortho nitro benzene ring substituents is 1. The average molecular weight is 383 g/mol. The minimum absolute atomic E-state index is 0.00992. The summed E-state index contributed by atoms with van der Waals surface area (Å²) in [6.45, 7) is 6.77. The van der Waals surface area contributed by atoms with Gasteiger partial charge in [-0.05, 0) is 6.07 Å². The molecule has 0 amide bonds. The van der Waals surface area contributed by atoms with Crippen LogP contribution in [0, 0.1) is 10.1 Å². The van der Waals surface area contributed by atoms with Crippen molar-refractivity contribution >= 4 is 32.5 Å². The highest BCUT2D eigenvalue weighted by Gasteiger charge is 2.19. The Morgan fingerprint density at radius 3 is 2.52 bits per heavy atom. The van der Waals surface area contributed by atoms with E-state index >= 15 is 0 Å². The second-order valence-electron chi connectivity index (χ2n) is 6.76. The molecule has 1 aromatic heterocycles. The summed E-state index contributed by atoms with van der Waals surface area (Å²) in [6.07, 6.45) is 1.68. The van der Waals surface area contributed by atoms with Gasteiger partial charge in [0.25, 0.3) is 5.69 Å². The molecule has 0 saturated carbocycles. The van der Waals surface area contributed by atoms with E-state index in [0.29, 0.717) is 18.7 Å². The lowest BCUT2D eigenvalue weighted by Crippen LogP contribution is -2.12. The molecule has 0 bridgehead atoms. The van der Waals surface area contributed by atoms with E-state index in [4.69, 9.17) is 0 Å². The quantitative estimate of drug-likeness (QED) is 0.606. The SMILES string of the molecule is CC(C)(C)c1csc(CCNc2ccc([N+](=O)[O-])cc2S(C)(=O)=O)n1. The van der Waals surface area contributed by atoms with Crippen LogP contribution in [0.25, 0.3) is 0 Å². The summed E-state index contributed by atoms with van der Waals surface area (Å²) in [5.41, 5.74) is 1.13. The fourth-order valence-electron chi connectivity index (χ4n) is 2.15. The summed E-state index contributed by atoms with van der Waals surface area (Å²) in [4.78, 5) is 14.8. The smallest absolute Gasteiger partial charge is 0.270 e. The molecule has 136 valence electrons. The van der Waals surface area contributed by atoms with Crippen molar-refractivity contribution in [3.63, 3.8) is 0 Å². The number of nitrogens with one attached hydrogen (secondary N) is 1. The third-order valence-corrected chi connectivity index (χ3v) is 5.60. The van der Waals surface area contributed by atoms with E-state index in [1.54, 1.807) is 11.3 Å². The molecule has 0 spiro atoms. The minimum Gasteiger partial charge on any atom is -0.384 e. The van der Waals surface area contributed by atoms with Crippen molar-refractivity contribution in [2.45, 2.75) is 37.5 Å². The second kappa shape index (κ2) is 7.09. The van der Waals surface area contributed by atoms with Crippen molar-refractivity contribution in [1.82, 2.24) is 4.98 Å². The Balaban J connectivity index is 2.13. The fourth-order valence-corrected chi connectivity index (χ4v) is 4.05. The van der Waals surface area contributed by atoms with Gasteiger partial charge in [-0.25, -0.2) is 13.4 Å². The van der Waals surface area contributed by atoms with Crippen molar-refractivity contribution in [3.8, 4) is 0 Å². The first kappa shape index (κ1) is 19.3. The van der Waals surface area contributed by atoms with Crippen LogP contribution in [-0.4, -0.2) is 31.1 Å². The molecule has 1 aromatic carbocycles. The third kappa shape index (κ3) is 4.99. The highest BCUT2D eigenvalue weighted by Crippen LogP contribution is 2.27. The van der Waals surface area contributed by atoms with Crippen LogP contribution in [0.1, 0.15) is 31.5 Å². The zero-order chi connectivity index (χ0) is 18.8. The predicted octanol–water partition coefficient (Wildman–Crippen LogP) is 3.41. The molecule has 25 heavy (non-hydrogen) atoms. The molecule has 0 unspecified atom stereocenters. The van der Waals surface area contributed by atoms with E-state index in [-0.39, 0.29) is 16.0 Å². The molecule has 2 rings (SSSR count). The number of hydrogen-bond donors (Lipinski definition) is 1. The Kier molecular flexibility index (Phi) is 5.48. The molecule has 0 aliphatic heterocycles. The van der Waals surface area contributed by atoms with E-state index < -0.39 is 14.8 Å². The third-order valence-electron chi connectivity index (χ3n) is 3.55. The van der Waals surface area contributed by atoms with Gasteiger partial charge in [-0.15, -0.1) is 11.3 Å². The molecule has 0 aliphatic rings. The van der Waals surface area contributed by atoms with Crippen LogP contribution in [0.4, 0.5) is 11.4 Å². The van der Waals surface area contributed by atoms with Crippen LogP contribution in [0.3, 0.4) is 0 Å². The molecule has 0 aliphatic carbocycles. The van der Waals surface area contributed by atoms with Gasteiger partial charge in [0.1, 0.15) is 0 Å². The first-order chi connectivity index (χ1) is 11.5. The lowest BCUT2D eigenvalue weighted by Gasteiger charge is -2.14. The molecule has 2 aromatic rings. The number of benzene rings is 1. The summed E-state index contributed by atoms with van der Waals surface area (Å²) < 4.78 is 23.8. The number of aromatic nitrogens is 1. The summed E-state index contributed by atoms with van der Waals surface area (Å²) in [7, 11) is -3.58. The largest absolute Gasteiger partial charge is 0.384 e. The fraction of sp³-hybridized carbons (Fsp3) is 0.438. The van der Waals surface area contributed by atoms with Crippen molar-refractivity contribution in [1.29, 1.82) is 0 Å². The minimum atomic E-state index is -3.58. The number of anilines is 1. The molecule has 0 atom stereocenters. The van der Waals surface area contributed by atoms with Crippen LogP contribution in [0.5, 0.6) is 0 Å². The highest BCUT2D eigenvalue weighted by molar-refractivity contribution is 7.90. The van der Waals surface area contributed by atoms with Gasteiger partial charge in [0.2, 0.25) is 0 Å². The Morgan fingerprint density at radius 1 is 1.32 bits per heavy atom. The predicted molar refractivity (Wildman–Crippen MR) is 99.2 cm³/mol. The van der Waals surface area contributed by atoms with Crippen molar-refractivity contribution < 1.29 is 13.3 Å². The number of hydrogen-bond acceptors (Lipinski definition) is 7. The molecule has 7 nitrogen and oxygen atoms in total. The van der Waals surface area contributed by atoms with E-state index in [0.717, 1.165) is 23.0 Å².